The van der Waals surface area contributed by atoms with Crippen LogP contribution in [0.3, 0.4) is 0 Å². The minimum Gasteiger partial charge on any atom is -0.493 e. The molecule has 1 aliphatic heterocycles. The summed E-state index contributed by atoms with van der Waals surface area (Å²) in [6.45, 7) is 3.70. The number of para-hydroxylation sites is 1. The van der Waals surface area contributed by atoms with Gasteiger partial charge in [0.15, 0.2) is 17.2 Å². The van der Waals surface area contributed by atoms with Crippen LogP contribution in [-0.2, 0) is 28.5 Å². The Balaban J connectivity index is 1.74. The van der Waals surface area contributed by atoms with Gasteiger partial charge in [-0.05, 0) is 45.2 Å². The first-order chi connectivity index (χ1) is 20.4. The molecule has 1 N–H and O–H groups in total. The second-order valence-electron chi connectivity index (χ2n) is 9.64. The van der Waals surface area contributed by atoms with Crippen LogP contribution in [0, 0.1) is 5.92 Å². The lowest BCUT2D eigenvalue weighted by Gasteiger charge is -2.31. The standard InChI is InChI=1S/C30H40N2O10/c1-5-38-18-25(33)39-19-40-28-24(37-4)14-16-31-26(28)29(34)32-23-13-9-10-21(15-17-36-3)27(20(2)41-30(23)35)42-22-11-7-6-8-12-22/h6-8,11-12,14,16,20-21,23,27H,5,9-10,13,15,17-19H2,1-4H3,(H,32,34). The number of hydrogen-bond acceptors (Lipinski definition) is 11. The molecule has 4 unspecified atom stereocenters. The van der Waals surface area contributed by atoms with E-state index in [1.807, 2.05) is 30.3 Å². The van der Waals surface area contributed by atoms with Crippen LogP contribution >= 0.6 is 0 Å². The van der Waals surface area contributed by atoms with Gasteiger partial charge in [0.25, 0.3) is 5.91 Å². The Hall–Kier alpha value is -3.90. The van der Waals surface area contributed by atoms with Crippen LogP contribution in [0.2, 0.25) is 0 Å². The highest BCUT2D eigenvalue weighted by molar-refractivity contribution is 5.98. The van der Waals surface area contributed by atoms with Crippen molar-refractivity contribution in [3.8, 4) is 17.2 Å². The van der Waals surface area contributed by atoms with Crippen LogP contribution in [0.1, 0.15) is 50.0 Å². The van der Waals surface area contributed by atoms with Gasteiger partial charge in [0.1, 0.15) is 30.6 Å². The van der Waals surface area contributed by atoms with E-state index in [9.17, 15) is 14.4 Å². The Morgan fingerprint density at radius 1 is 1.12 bits per heavy atom. The molecule has 3 rings (SSSR count). The Morgan fingerprint density at radius 3 is 2.62 bits per heavy atom. The highest BCUT2D eigenvalue weighted by Gasteiger charge is 2.36. The van der Waals surface area contributed by atoms with E-state index < -0.39 is 42.9 Å². The smallest absolute Gasteiger partial charge is 0.334 e. The third-order valence-electron chi connectivity index (χ3n) is 6.75. The second kappa shape index (κ2) is 17.1. The number of cyclic esters (lactones) is 1. The first kappa shape index (κ1) is 32.6. The van der Waals surface area contributed by atoms with Gasteiger partial charge in [-0.3, -0.25) is 4.79 Å². The van der Waals surface area contributed by atoms with E-state index >= 15 is 0 Å². The SMILES string of the molecule is CCOCC(=O)OCOc1c(OC)ccnc1C(=O)NC1CCCC(CCOC)C(Oc2ccccc2)C(C)OC1=O. The number of nitrogens with one attached hydrogen (secondary N) is 1. The van der Waals surface area contributed by atoms with Crippen molar-refractivity contribution < 1.29 is 47.5 Å². The number of methoxy groups -OCH3 is 2. The fourth-order valence-electron chi connectivity index (χ4n) is 4.64. The first-order valence-corrected chi connectivity index (χ1v) is 14.0. The van der Waals surface area contributed by atoms with Crippen LogP contribution in [-0.4, -0.2) is 81.9 Å². The van der Waals surface area contributed by atoms with Crippen molar-refractivity contribution in [3.63, 3.8) is 0 Å². The Labute approximate surface area is 245 Å². The molecule has 1 aromatic heterocycles. The first-order valence-electron chi connectivity index (χ1n) is 14.0. The predicted molar refractivity (Wildman–Crippen MR) is 150 cm³/mol. The molecule has 230 valence electrons. The molecule has 1 saturated heterocycles. The van der Waals surface area contributed by atoms with Crippen molar-refractivity contribution in [1.29, 1.82) is 0 Å². The van der Waals surface area contributed by atoms with E-state index in [4.69, 9.17) is 33.2 Å². The van der Waals surface area contributed by atoms with Gasteiger partial charge in [0.05, 0.1) is 7.11 Å². The minimum atomic E-state index is -0.941. The maximum Gasteiger partial charge on any atom is 0.334 e. The molecule has 0 radical (unpaired) electrons. The summed E-state index contributed by atoms with van der Waals surface area (Å²) in [6.07, 6.45) is 2.78. The lowest BCUT2D eigenvalue weighted by molar-refractivity contribution is -0.156. The van der Waals surface area contributed by atoms with E-state index in [2.05, 4.69) is 10.3 Å². The topological polar surface area (TPSA) is 141 Å². The summed E-state index contributed by atoms with van der Waals surface area (Å²) in [7, 11) is 3.04. The van der Waals surface area contributed by atoms with Crippen molar-refractivity contribution >= 4 is 17.8 Å². The molecule has 1 amide bonds. The van der Waals surface area contributed by atoms with Crippen LogP contribution in [0.4, 0.5) is 0 Å². The Morgan fingerprint density at radius 2 is 1.90 bits per heavy atom. The minimum absolute atomic E-state index is 0.0394. The number of carbonyl (C=O) groups excluding carboxylic acids is 3. The maximum absolute atomic E-state index is 13.4. The van der Waals surface area contributed by atoms with E-state index in [1.165, 1.54) is 19.4 Å². The number of rotatable bonds is 14. The summed E-state index contributed by atoms with van der Waals surface area (Å²) >= 11 is 0. The van der Waals surface area contributed by atoms with Crippen molar-refractivity contribution in [2.45, 2.75) is 57.8 Å². The average Bonchev–Trinajstić information content (AvgIpc) is 3.04. The molecule has 1 aromatic carbocycles. The number of carbonyl (C=O) groups is 3. The second-order valence-corrected chi connectivity index (χ2v) is 9.64. The lowest BCUT2D eigenvalue weighted by atomic mass is 9.89. The molecule has 0 bridgehead atoms. The van der Waals surface area contributed by atoms with Gasteiger partial charge in [-0.1, -0.05) is 24.6 Å². The average molecular weight is 589 g/mol. The lowest BCUT2D eigenvalue weighted by Crippen LogP contribution is -2.45. The Kier molecular flexibility index (Phi) is 13.3. The fraction of sp³-hybridized carbons (Fsp3) is 0.533. The zero-order valence-electron chi connectivity index (χ0n) is 24.5. The molecule has 0 aliphatic carbocycles. The predicted octanol–water partition coefficient (Wildman–Crippen LogP) is 3.32. The highest BCUT2D eigenvalue weighted by atomic mass is 16.7. The van der Waals surface area contributed by atoms with E-state index in [1.54, 1.807) is 21.0 Å². The molecule has 42 heavy (non-hydrogen) atoms. The fourth-order valence-corrected chi connectivity index (χ4v) is 4.64. The zero-order chi connectivity index (χ0) is 30.3. The molecule has 2 aromatic rings. The number of ether oxygens (including phenoxy) is 7. The van der Waals surface area contributed by atoms with Gasteiger partial charge in [-0.2, -0.15) is 0 Å². The number of nitrogens with zero attached hydrogens (tertiary/aromatic N) is 1. The molecular formula is C30H40N2O10. The third-order valence-corrected chi connectivity index (χ3v) is 6.75. The quantitative estimate of drug-likeness (QED) is 0.257. The van der Waals surface area contributed by atoms with E-state index in [-0.39, 0.29) is 29.7 Å². The normalized spacial score (nSPS) is 20.7. The molecular weight excluding hydrogens is 548 g/mol. The summed E-state index contributed by atoms with van der Waals surface area (Å²) < 4.78 is 38.4. The van der Waals surface area contributed by atoms with Gasteiger partial charge in [-0.25, -0.2) is 14.6 Å². The molecule has 1 aliphatic rings. The van der Waals surface area contributed by atoms with Crippen molar-refractivity contribution in [3.05, 3.63) is 48.3 Å². The van der Waals surface area contributed by atoms with Crippen LogP contribution in [0.25, 0.3) is 0 Å². The number of benzene rings is 1. The van der Waals surface area contributed by atoms with Gasteiger partial charge in [-0.15, -0.1) is 0 Å². The molecule has 0 saturated carbocycles. The number of aromatic nitrogens is 1. The molecule has 1 fully saturated rings. The molecule has 4 atom stereocenters. The van der Waals surface area contributed by atoms with E-state index in [0.29, 0.717) is 31.8 Å². The highest BCUT2D eigenvalue weighted by Crippen LogP contribution is 2.31. The number of amides is 1. The molecule has 12 heteroatoms. The van der Waals surface area contributed by atoms with Crippen molar-refractivity contribution in [1.82, 2.24) is 10.3 Å². The van der Waals surface area contributed by atoms with Crippen molar-refractivity contribution in [2.75, 3.05) is 40.8 Å². The van der Waals surface area contributed by atoms with Gasteiger partial charge in [0, 0.05) is 38.5 Å². The third kappa shape index (κ3) is 9.59. The number of hydrogen-bond donors (Lipinski definition) is 1. The van der Waals surface area contributed by atoms with Crippen molar-refractivity contribution in [2.24, 2.45) is 5.92 Å². The monoisotopic (exact) mass is 588 g/mol. The van der Waals surface area contributed by atoms with Gasteiger partial charge in [0.2, 0.25) is 6.79 Å². The summed E-state index contributed by atoms with van der Waals surface area (Å²) in [4.78, 5) is 42.6. The summed E-state index contributed by atoms with van der Waals surface area (Å²) in [5, 5.41) is 2.74. The van der Waals surface area contributed by atoms with Crippen LogP contribution < -0.4 is 19.5 Å². The van der Waals surface area contributed by atoms with Crippen LogP contribution in [0.15, 0.2) is 42.6 Å². The Bertz CT molecular complexity index is 1150. The van der Waals surface area contributed by atoms with Gasteiger partial charge >= 0.3 is 11.9 Å². The number of pyridine rings is 1. The number of esters is 2. The maximum atomic E-state index is 13.4. The summed E-state index contributed by atoms with van der Waals surface area (Å²) in [5.41, 5.74) is -0.140. The molecule has 2 heterocycles. The van der Waals surface area contributed by atoms with Crippen LogP contribution in [0.5, 0.6) is 17.2 Å². The van der Waals surface area contributed by atoms with Gasteiger partial charge < -0.3 is 38.5 Å². The molecule has 0 spiro atoms. The summed E-state index contributed by atoms with van der Waals surface area (Å²) in [5.74, 6) is -1.01. The summed E-state index contributed by atoms with van der Waals surface area (Å²) in [6, 6.07) is 9.94. The van der Waals surface area contributed by atoms with E-state index in [0.717, 1.165) is 12.8 Å². The molecule has 12 nitrogen and oxygen atoms in total. The zero-order valence-corrected chi connectivity index (χ0v) is 24.5. The largest absolute Gasteiger partial charge is 0.493 e.